The highest BCUT2D eigenvalue weighted by atomic mass is 32.1. The Balaban J connectivity index is 1.47. The van der Waals surface area contributed by atoms with Crippen LogP contribution in [0.3, 0.4) is 0 Å². The molecule has 0 fully saturated rings. The van der Waals surface area contributed by atoms with Crippen LogP contribution < -0.4 is 5.32 Å². The molecule has 0 bridgehead atoms. The molecule has 0 spiro atoms. The number of benzene rings is 2. The molecule has 0 radical (unpaired) electrons. The second kappa shape index (κ2) is 7.06. The van der Waals surface area contributed by atoms with Crippen molar-refractivity contribution in [3.8, 4) is 6.07 Å². The number of imide groups is 1. The van der Waals surface area contributed by atoms with Crippen LogP contribution in [0.1, 0.15) is 41.5 Å². The van der Waals surface area contributed by atoms with Crippen LogP contribution >= 0.6 is 11.3 Å². The van der Waals surface area contributed by atoms with E-state index < -0.39 is 5.91 Å². The number of rotatable bonds is 4. The lowest BCUT2D eigenvalue weighted by atomic mass is 10.1. The Morgan fingerprint density at radius 3 is 2.50 bits per heavy atom. The average Bonchev–Trinajstić information content (AvgIpc) is 3.26. The van der Waals surface area contributed by atoms with E-state index in [0.717, 1.165) is 0 Å². The van der Waals surface area contributed by atoms with Crippen molar-refractivity contribution < 1.29 is 14.4 Å². The highest BCUT2D eigenvalue weighted by Crippen LogP contribution is 2.27. The third-order valence-corrected chi connectivity index (χ3v) is 5.12. The summed E-state index contributed by atoms with van der Waals surface area (Å²) in [5, 5.41) is 11.9. The van der Waals surface area contributed by atoms with Crippen molar-refractivity contribution in [3.05, 3.63) is 81.9 Å². The summed E-state index contributed by atoms with van der Waals surface area (Å²) in [4.78, 5) is 43.2. The van der Waals surface area contributed by atoms with Crippen molar-refractivity contribution in [2.45, 2.75) is 6.54 Å². The fourth-order valence-corrected chi connectivity index (χ4v) is 3.67. The number of thiazole rings is 1. The number of anilines is 1. The lowest BCUT2D eigenvalue weighted by molar-refractivity contribution is 0.0643. The molecule has 1 aliphatic heterocycles. The molecule has 136 valence electrons. The highest BCUT2D eigenvalue weighted by Gasteiger charge is 2.35. The van der Waals surface area contributed by atoms with Crippen molar-refractivity contribution in [1.29, 1.82) is 5.26 Å². The van der Waals surface area contributed by atoms with E-state index in [1.807, 2.05) is 6.07 Å². The van der Waals surface area contributed by atoms with Crippen LogP contribution in [0.4, 0.5) is 5.13 Å². The molecule has 1 aromatic heterocycles. The maximum absolute atomic E-state index is 12.4. The van der Waals surface area contributed by atoms with E-state index in [-0.39, 0.29) is 18.4 Å². The standard InChI is InChI=1S/C20H12N4O3S/c21-9-12-4-3-5-13(8-12)17(25)23-20-22-10-14(28-20)11-24-18(26)15-6-1-2-7-16(15)19(24)27/h1-8,10H,11H2,(H,22,23,25). The Bertz CT molecular complexity index is 1130. The quantitative estimate of drug-likeness (QED) is 0.692. The summed E-state index contributed by atoms with van der Waals surface area (Å²) in [5.74, 6) is -1.07. The van der Waals surface area contributed by atoms with Crippen molar-refractivity contribution in [2.24, 2.45) is 0 Å². The molecular weight excluding hydrogens is 376 g/mol. The van der Waals surface area contributed by atoms with Gasteiger partial charge in [0.2, 0.25) is 0 Å². The largest absolute Gasteiger partial charge is 0.298 e. The Labute approximate surface area is 163 Å². The minimum Gasteiger partial charge on any atom is -0.298 e. The van der Waals surface area contributed by atoms with Crippen LogP contribution in [0.15, 0.2) is 54.7 Å². The van der Waals surface area contributed by atoms with E-state index in [4.69, 9.17) is 5.26 Å². The summed E-state index contributed by atoms with van der Waals surface area (Å²) in [5.41, 5.74) is 1.51. The highest BCUT2D eigenvalue weighted by molar-refractivity contribution is 7.15. The van der Waals surface area contributed by atoms with Gasteiger partial charge in [0.25, 0.3) is 17.7 Å². The van der Waals surface area contributed by atoms with Gasteiger partial charge >= 0.3 is 0 Å². The van der Waals surface area contributed by atoms with E-state index in [2.05, 4.69) is 10.3 Å². The number of carbonyl (C=O) groups is 3. The average molecular weight is 388 g/mol. The first-order valence-corrected chi connectivity index (χ1v) is 9.10. The van der Waals surface area contributed by atoms with Crippen LogP contribution in [0.25, 0.3) is 0 Å². The van der Waals surface area contributed by atoms with Gasteiger partial charge in [0, 0.05) is 16.6 Å². The number of hydrogen-bond acceptors (Lipinski definition) is 6. The van der Waals surface area contributed by atoms with Gasteiger partial charge in [0.05, 0.1) is 29.3 Å². The van der Waals surface area contributed by atoms with E-state index >= 15 is 0 Å². The lowest BCUT2D eigenvalue weighted by Crippen LogP contribution is -2.28. The van der Waals surface area contributed by atoms with Crippen LogP contribution in [0, 0.1) is 11.3 Å². The molecule has 0 aliphatic carbocycles. The molecular formula is C20H12N4O3S. The second-order valence-electron chi connectivity index (χ2n) is 6.02. The maximum Gasteiger partial charge on any atom is 0.261 e. The van der Waals surface area contributed by atoms with E-state index in [0.29, 0.717) is 32.3 Å². The predicted molar refractivity (Wildman–Crippen MR) is 102 cm³/mol. The zero-order valence-electron chi connectivity index (χ0n) is 14.4. The molecule has 0 atom stereocenters. The maximum atomic E-state index is 12.4. The molecule has 8 heteroatoms. The molecule has 1 aliphatic rings. The molecule has 28 heavy (non-hydrogen) atoms. The Morgan fingerprint density at radius 1 is 1.11 bits per heavy atom. The number of hydrogen-bond donors (Lipinski definition) is 1. The number of nitriles is 1. The molecule has 4 rings (SSSR count). The first kappa shape index (κ1) is 17.6. The van der Waals surface area contributed by atoms with Gasteiger partial charge in [-0.1, -0.05) is 29.5 Å². The minimum atomic E-state index is -0.390. The van der Waals surface area contributed by atoms with Gasteiger partial charge in [0.15, 0.2) is 5.13 Å². The minimum absolute atomic E-state index is 0.0871. The Kier molecular flexibility index (Phi) is 4.43. The number of amides is 3. The molecule has 0 saturated heterocycles. The van der Waals surface area contributed by atoms with Gasteiger partial charge in [-0.25, -0.2) is 4.98 Å². The molecule has 0 saturated carbocycles. The predicted octanol–water partition coefficient (Wildman–Crippen LogP) is 3.06. The van der Waals surface area contributed by atoms with Crippen LogP contribution in [0.5, 0.6) is 0 Å². The molecule has 3 aromatic rings. The van der Waals surface area contributed by atoms with Crippen molar-refractivity contribution in [3.63, 3.8) is 0 Å². The van der Waals surface area contributed by atoms with Crippen LogP contribution in [0.2, 0.25) is 0 Å². The zero-order valence-corrected chi connectivity index (χ0v) is 15.2. The Hall–Kier alpha value is -3.83. The van der Waals surface area contributed by atoms with Gasteiger partial charge < -0.3 is 0 Å². The monoisotopic (exact) mass is 388 g/mol. The Morgan fingerprint density at radius 2 is 1.82 bits per heavy atom. The summed E-state index contributed by atoms with van der Waals surface area (Å²) in [7, 11) is 0. The van der Waals surface area contributed by atoms with Crippen LogP contribution in [-0.2, 0) is 6.54 Å². The SMILES string of the molecule is N#Cc1cccc(C(=O)Nc2ncc(CN3C(=O)c4ccccc4C3=O)s2)c1. The van der Waals surface area contributed by atoms with Gasteiger partial charge in [-0.15, -0.1) is 0 Å². The normalized spacial score (nSPS) is 12.6. The molecule has 1 N–H and O–H groups in total. The number of aromatic nitrogens is 1. The van der Waals surface area contributed by atoms with E-state index in [9.17, 15) is 14.4 Å². The first-order valence-electron chi connectivity index (χ1n) is 8.28. The second-order valence-corrected chi connectivity index (χ2v) is 7.14. The van der Waals surface area contributed by atoms with Gasteiger partial charge in [-0.2, -0.15) is 5.26 Å². The van der Waals surface area contributed by atoms with Crippen molar-refractivity contribution in [2.75, 3.05) is 5.32 Å². The van der Waals surface area contributed by atoms with Crippen molar-refractivity contribution in [1.82, 2.24) is 9.88 Å². The van der Waals surface area contributed by atoms with E-state index in [1.165, 1.54) is 28.5 Å². The van der Waals surface area contributed by atoms with E-state index in [1.54, 1.807) is 42.5 Å². The first-order chi connectivity index (χ1) is 13.6. The summed E-state index contributed by atoms with van der Waals surface area (Å²) in [6, 6.07) is 15.0. The summed E-state index contributed by atoms with van der Waals surface area (Å²) >= 11 is 1.18. The fourth-order valence-electron chi connectivity index (χ4n) is 2.88. The summed E-state index contributed by atoms with van der Waals surface area (Å²) < 4.78 is 0. The van der Waals surface area contributed by atoms with Gasteiger partial charge in [0.1, 0.15) is 0 Å². The lowest BCUT2D eigenvalue weighted by Gasteiger charge is -2.11. The van der Waals surface area contributed by atoms with Gasteiger partial charge in [-0.3, -0.25) is 24.6 Å². The van der Waals surface area contributed by atoms with Crippen molar-refractivity contribution >= 4 is 34.2 Å². The number of fused-ring (bicyclic) bond motifs is 1. The molecule has 7 nitrogen and oxygen atoms in total. The number of carbonyl (C=O) groups excluding carboxylic acids is 3. The number of nitrogens with one attached hydrogen (secondary N) is 1. The fraction of sp³-hybridized carbons (Fsp3) is 0.0500. The topological polar surface area (TPSA) is 103 Å². The summed E-state index contributed by atoms with van der Waals surface area (Å²) in [6.07, 6.45) is 1.52. The third kappa shape index (κ3) is 3.15. The zero-order chi connectivity index (χ0) is 19.7. The van der Waals surface area contributed by atoms with Crippen LogP contribution in [-0.4, -0.2) is 27.6 Å². The molecule has 3 amide bonds. The smallest absolute Gasteiger partial charge is 0.261 e. The third-order valence-electron chi connectivity index (χ3n) is 4.22. The molecule has 2 aromatic carbocycles. The molecule has 0 unspecified atom stereocenters. The van der Waals surface area contributed by atoms with Gasteiger partial charge in [-0.05, 0) is 30.3 Å². The summed E-state index contributed by atoms with van der Waals surface area (Å²) in [6.45, 7) is 0.0871. The molecule has 2 heterocycles. The number of nitrogens with zero attached hydrogens (tertiary/aromatic N) is 3.